The molecular weight excluding hydrogens is 530 g/mol. The molecule has 9 nitrogen and oxygen atoms in total. The van der Waals surface area contributed by atoms with Crippen LogP contribution in [0.15, 0.2) is 69.9 Å². The molecule has 0 bridgehead atoms. The van der Waals surface area contributed by atoms with Crippen LogP contribution in [0.25, 0.3) is 42.3 Å². The zero-order valence-electron chi connectivity index (χ0n) is 21.8. The number of thiophene rings is 1. The maximum absolute atomic E-state index is 13.2. The molecule has 1 aliphatic rings. The van der Waals surface area contributed by atoms with Gasteiger partial charge in [-0.25, -0.2) is 0 Å². The number of amides is 2. The number of ether oxygens (including phenoxy) is 2. The fraction of sp³-hybridized carbons (Fsp3) is 0.233. The van der Waals surface area contributed by atoms with Crippen LogP contribution in [0.3, 0.4) is 0 Å². The molecule has 1 fully saturated rings. The molecule has 0 atom stereocenters. The lowest BCUT2D eigenvalue weighted by atomic mass is 10.00. The van der Waals surface area contributed by atoms with E-state index in [-0.39, 0.29) is 24.5 Å². The number of nitrogens with zero attached hydrogens (tertiary/aromatic N) is 2. The van der Waals surface area contributed by atoms with Crippen molar-refractivity contribution in [2.75, 3.05) is 51.4 Å². The number of morpholine rings is 1. The highest BCUT2D eigenvalue weighted by molar-refractivity contribution is 7.26. The maximum Gasteiger partial charge on any atom is 0.260 e. The molecule has 1 saturated heterocycles. The maximum atomic E-state index is 13.2. The predicted octanol–water partition coefficient (Wildman–Crippen LogP) is 3.99. The van der Waals surface area contributed by atoms with Crippen molar-refractivity contribution in [3.8, 4) is 16.9 Å². The predicted molar refractivity (Wildman–Crippen MR) is 156 cm³/mol. The molecule has 40 heavy (non-hydrogen) atoms. The van der Waals surface area contributed by atoms with Gasteiger partial charge in [-0.05, 0) is 24.3 Å². The summed E-state index contributed by atoms with van der Waals surface area (Å²) in [5.74, 6) is 0.124. The lowest BCUT2D eigenvalue weighted by Crippen LogP contribution is -2.38. The first kappa shape index (κ1) is 25.8. The smallest absolute Gasteiger partial charge is 0.260 e. The normalized spacial score (nSPS) is 13.7. The number of carbonyl (C=O) groups excluding carboxylic acids is 2. The van der Waals surface area contributed by atoms with Gasteiger partial charge >= 0.3 is 0 Å². The van der Waals surface area contributed by atoms with E-state index < -0.39 is 5.91 Å². The highest BCUT2D eigenvalue weighted by Gasteiger charge is 2.21. The molecule has 10 heteroatoms. The van der Waals surface area contributed by atoms with Gasteiger partial charge in [0.05, 0.1) is 25.1 Å². The minimum absolute atomic E-state index is 0.101. The van der Waals surface area contributed by atoms with Crippen molar-refractivity contribution in [3.63, 3.8) is 0 Å². The van der Waals surface area contributed by atoms with Crippen molar-refractivity contribution in [1.29, 1.82) is 0 Å². The van der Waals surface area contributed by atoms with E-state index in [2.05, 4.69) is 0 Å². The summed E-state index contributed by atoms with van der Waals surface area (Å²) < 4.78 is 19.9. The van der Waals surface area contributed by atoms with Crippen molar-refractivity contribution >= 4 is 60.2 Å². The summed E-state index contributed by atoms with van der Waals surface area (Å²) in [7, 11) is 1.51. The van der Waals surface area contributed by atoms with Gasteiger partial charge < -0.3 is 29.4 Å². The Kier molecular flexibility index (Phi) is 6.87. The minimum Gasteiger partial charge on any atom is -0.483 e. The minimum atomic E-state index is -0.593. The zero-order valence-corrected chi connectivity index (χ0v) is 22.7. The van der Waals surface area contributed by atoms with Crippen molar-refractivity contribution in [2.45, 2.75) is 0 Å². The van der Waals surface area contributed by atoms with E-state index in [1.54, 1.807) is 23.5 Å². The molecule has 0 unspecified atom stereocenters. The third-order valence-electron chi connectivity index (χ3n) is 7.01. The fourth-order valence-corrected chi connectivity index (χ4v) is 6.27. The van der Waals surface area contributed by atoms with Gasteiger partial charge in [0.15, 0.2) is 17.9 Å². The molecule has 5 aromatic rings. The number of anilines is 1. The van der Waals surface area contributed by atoms with Gasteiger partial charge in [-0.1, -0.05) is 30.3 Å². The number of hydrogen-bond acceptors (Lipinski definition) is 8. The first-order valence-corrected chi connectivity index (χ1v) is 13.7. The molecule has 0 radical (unpaired) electrons. The number of likely N-dealkylation sites (N-methyl/N-ethyl adjacent to an activating group) is 1. The van der Waals surface area contributed by atoms with Crippen LogP contribution in [0.2, 0.25) is 0 Å². The van der Waals surface area contributed by atoms with Crippen molar-refractivity contribution in [1.82, 2.24) is 4.90 Å². The molecule has 0 aliphatic carbocycles. The molecule has 3 heterocycles. The third kappa shape index (κ3) is 4.76. The van der Waals surface area contributed by atoms with Crippen LogP contribution in [-0.2, 0) is 14.3 Å². The van der Waals surface area contributed by atoms with Gasteiger partial charge in [0.25, 0.3) is 5.91 Å². The molecule has 3 aromatic carbocycles. The van der Waals surface area contributed by atoms with Gasteiger partial charge in [-0.2, -0.15) is 0 Å². The lowest BCUT2D eigenvalue weighted by Gasteiger charge is -2.27. The van der Waals surface area contributed by atoms with Gasteiger partial charge in [0.1, 0.15) is 11.3 Å². The Morgan fingerprint density at radius 1 is 1.02 bits per heavy atom. The molecule has 1 aliphatic heterocycles. The van der Waals surface area contributed by atoms with Gasteiger partial charge in [0.2, 0.25) is 5.91 Å². The Labute approximate surface area is 233 Å². The topological polar surface area (TPSA) is 115 Å². The average Bonchev–Trinajstić information content (AvgIpc) is 3.36. The summed E-state index contributed by atoms with van der Waals surface area (Å²) in [4.78, 5) is 40.2. The second kappa shape index (κ2) is 10.6. The molecule has 2 amide bonds. The lowest BCUT2D eigenvalue weighted by molar-refractivity contribution is -0.135. The number of benzene rings is 3. The van der Waals surface area contributed by atoms with E-state index in [0.29, 0.717) is 48.9 Å². The summed E-state index contributed by atoms with van der Waals surface area (Å²) in [6, 6.07) is 18.9. The summed E-state index contributed by atoms with van der Waals surface area (Å²) in [5, 5.41) is 2.37. The largest absolute Gasteiger partial charge is 0.483 e. The molecule has 6 rings (SSSR count). The molecule has 2 aromatic heterocycles. The summed E-state index contributed by atoms with van der Waals surface area (Å²) in [5.41, 5.74) is 7.34. The van der Waals surface area contributed by atoms with Gasteiger partial charge in [-0.3, -0.25) is 14.4 Å². The molecule has 2 N–H and O–H groups in total. The van der Waals surface area contributed by atoms with E-state index >= 15 is 0 Å². The second-order valence-electron chi connectivity index (χ2n) is 9.65. The molecule has 0 saturated carbocycles. The summed E-state index contributed by atoms with van der Waals surface area (Å²) >= 11 is 1.61. The number of fused-ring (bicyclic) bond motifs is 4. The average molecular weight is 558 g/mol. The summed E-state index contributed by atoms with van der Waals surface area (Å²) in [6.45, 7) is 2.03. The van der Waals surface area contributed by atoms with Crippen LogP contribution in [-0.4, -0.2) is 63.2 Å². The van der Waals surface area contributed by atoms with Crippen LogP contribution in [0.1, 0.15) is 0 Å². The quantitative estimate of drug-likeness (QED) is 0.322. The van der Waals surface area contributed by atoms with E-state index in [4.69, 9.17) is 19.6 Å². The number of nitrogens with two attached hydrogens (primary N) is 1. The first-order valence-electron chi connectivity index (χ1n) is 12.9. The standard InChI is InChI=1S/C30H27N3O6S/c1-32(16-25(31)35)26(36)17-38-23-10-9-19(30-28(23)21-5-2-3-8-24(21)40-30)18-6-4-7-20-22(34)15-27(39-29(18)20)33-11-13-37-14-12-33/h2-10,15H,11-14,16-17H2,1H3,(H2,31,35). The fourth-order valence-electron chi connectivity index (χ4n) is 5.02. The van der Waals surface area contributed by atoms with Crippen molar-refractivity contribution in [2.24, 2.45) is 5.73 Å². The van der Waals surface area contributed by atoms with E-state index in [0.717, 1.165) is 31.3 Å². The van der Waals surface area contributed by atoms with E-state index in [9.17, 15) is 14.4 Å². The third-order valence-corrected chi connectivity index (χ3v) is 8.22. The Morgan fingerprint density at radius 3 is 2.60 bits per heavy atom. The highest BCUT2D eigenvalue weighted by atomic mass is 32.1. The van der Waals surface area contributed by atoms with Crippen LogP contribution in [0.4, 0.5) is 5.88 Å². The number of para-hydroxylation sites is 1. The second-order valence-corrected chi connectivity index (χ2v) is 10.7. The Morgan fingerprint density at radius 2 is 1.80 bits per heavy atom. The number of primary amides is 1. The SMILES string of the molecule is CN(CC(N)=O)C(=O)COc1ccc(-c2cccc3c(=O)cc(N4CCOCC4)oc23)c2sc3ccccc3c12. The van der Waals surface area contributed by atoms with Crippen LogP contribution >= 0.6 is 11.3 Å². The Hall–Kier alpha value is -4.41. The van der Waals surface area contributed by atoms with Gasteiger partial charge in [-0.15, -0.1) is 11.3 Å². The molecule has 0 spiro atoms. The van der Waals surface area contributed by atoms with E-state index in [1.165, 1.54) is 11.9 Å². The zero-order chi connectivity index (χ0) is 27.8. The van der Waals surface area contributed by atoms with Crippen LogP contribution in [0, 0.1) is 0 Å². The first-order chi connectivity index (χ1) is 19.4. The highest BCUT2D eigenvalue weighted by Crippen LogP contribution is 2.45. The number of hydrogen-bond donors (Lipinski definition) is 1. The monoisotopic (exact) mass is 557 g/mol. The van der Waals surface area contributed by atoms with Crippen LogP contribution < -0.4 is 20.8 Å². The number of carbonyl (C=O) groups is 2. The van der Waals surface area contributed by atoms with Crippen molar-refractivity contribution in [3.05, 3.63) is 70.9 Å². The molecule has 204 valence electrons. The summed E-state index contributed by atoms with van der Waals surface area (Å²) in [6.07, 6.45) is 0. The van der Waals surface area contributed by atoms with E-state index in [1.807, 2.05) is 53.4 Å². The Bertz CT molecular complexity index is 1820. The van der Waals surface area contributed by atoms with Crippen molar-refractivity contribution < 1.29 is 23.5 Å². The number of rotatable bonds is 7. The van der Waals surface area contributed by atoms with Gasteiger partial charge in [0, 0.05) is 57.5 Å². The molecular formula is C30H27N3O6S. The Balaban J connectivity index is 1.48. The van der Waals surface area contributed by atoms with Crippen LogP contribution in [0.5, 0.6) is 5.75 Å².